The fourth-order valence-corrected chi connectivity index (χ4v) is 4.12. The Bertz CT molecular complexity index is 798. The molecule has 132 valence electrons. The zero-order chi connectivity index (χ0) is 17.6. The van der Waals surface area contributed by atoms with Crippen LogP contribution < -0.4 is 4.74 Å². The molecule has 1 aliphatic carbocycles. The number of rotatable bonds is 4. The van der Waals surface area contributed by atoms with Crippen molar-refractivity contribution in [1.82, 2.24) is 0 Å². The van der Waals surface area contributed by atoms with Crippen LogP contribution in [0.4, 0.5) is 4.39 Å². The summed E-state index contributed by atoms with van der Waals surface area (Å²) in [5, 5.41) is 0. The van der Waals surface area contributed by atoms with Crippen molar-refractivity contribution in [3.63, 3.8) is 0 Å². The van der Waals surface area contributed by atoms with E-state index in [2.05, 4.69) is 32.9 Å². The van der Waals surface area contributed by atoms with Crippen molar-refractivity contribution in [2.75, 3.05) is 19.8 Å². The standard InChI is InChI=1S/C22H25FO2/c1-14-9-16(25-13-22(3)11-24-12-22)10-15(2)21(14)19-7-8-20(23)18-6-4-5-17(18)19/h7-10H,4-6,11-13H2,1-3H3. The van der Waals surface area contributed by atoms with E-state index in [9.17, 15) is 4.39 Å². The normalized spacial score (nSPS) is 17.9. The Morgan fingerprint density at radius 3 is 2.40 bits per heavy atom. The zero-order valence-corrected chi connectivity index (χ0v) is 15.2. The summed E-state index contributed by atoms with van der Waals surface area (Å²) in [7, 11) is 0. The summed E-state index contributed by atoms with van der Waals surface area (Å²) in [5.41, 5.74) is 7.03. The van der Waals surface area contributed by atoms with Gasteiger partial charge in [0.15, 0.2) is 0 Å². The molecule has 0 spiro atoms. The van der Waals surface area contributed by atoms with Gasteiger partial charge in [0.25, 0.3) is 0 Å². The molecule has 4 rings (SSSR count). The Kier molecular flexibility index (Phi) is 4.07. The van der Waals surface area contributed by atoms with E-state index in [1.807, 2.05) is 6.07 Å². The molecular weight excluding hydrogens is 315 g/mol. The monoisotopic (exact) mass is 340 g/mol. The molecule has 0 unspecified atom stereocenters. The number of hydrogen-bond acceptors (Lipinski definition) is 2. The van der Waals surface area contributed by atoms with Crippen LogP contribution in [-0.2, 0) is 17.6 Å². The second-order valence-electron chi connectivity index (χ2n) is 7.93. The lowest BCUT2D eigenvalue weighted by Crippen LogP contribution is -2.44. The van der Waals surface area contributed by atoms with Crippen LogP contribution in [0.1, 0.15) is 35.6 Å². The van der Waals surface area contributed by atoms with Crippen LogP contribution in [-0.4, -0.2) is 19.8 Å². The first-order valence-electron chi connectivity index (χ1n) is 9.09. The molecule has 0 atom stereocenters. The summed E-state index contributed by atoms with van der Waals surface area (Å²) in [6.45, 7) is 8.64. The number of aryl methyl sites for hydroxylation is 2. The van der Waals surface area contributed by atoms with E-state index in [4.69, 9.17) is 9.47 Å². The first-order valence-corrected chi connectivity index (χ1v) is 9.09. The average molecular weight is 340 g/mol. The highest BCUT2D eigenvalue weighted by molar-refractivity contribution is 5.76. The fraction of sp³-hybridized carbons (Fsp3) is 0.455. The van der Waals surface area contributed by atoms with Gasteiger partial charge in [-0.25, -0.2) is 4.39 Å². The lowest BCUT2D eigenvalue weighted by Gasteiger charge is -2.37. The van der Waals surface area contributed by atoms with Crippen LogP contribution in [0.25, 0.3) is 11.1 Å². The van der Waals surface area contributed by atoms with E-state index >= 15 is 0 Å². The van der Waals surface area contributed by atoms with E-state index in [0.717, 1.165) is 43.8 Å². The van der Waals surface area contributed by atoms with Crippen molar-refractivity contribution in [3.05, 3.63) is 52.3 Å². The minimum atomic E-state index is -0.0533. The summed E-state index contributed by atoms with van der Waals surface area (Å²) >= 11 is 0. The summed E-state index contributed by atoms with van der Waals surface area (Å²) in [4.78, 5) is 0. The van der Waals surface area contributed by atoms with E-state index in [0.29, 0.717) is 6.61 Å². The number of benzene rings is 2. The molecule has 2 aromatic carbocycles. The van der Waals surface area contributed by atoms with E-state index in [1.165, 1.54) is 27.8 Å². The molecular formula is C22H25FO2. The van der Waals surface area contributed by atoms with Crippen molar-refractivity contribution < 1.29 is 13.9 Å². The molecule has 2 aliphatic rings. The first-order chi connectivity index (χ1) is 12.0. The SMILES string of the molecule is Cc1cc(OCC2(C)COC2)cc(C)c1-c1ccc(F)c2c1CCC2. The number of halogens is 1. The minimum absolute atomic E-state index is 0.0533. The molecule has 1 aliphatic heterocycles. The lowest BCUT2D eigenvalue weighted by molar-refractivity contribution is -0.120. The predicted molar refractivity (Wildman–Crippen MR) is 97.8 cm³/mol. The van der Waals surface area contributed by atoms with Crippen molar-refractivity contribution in [2.45, 2.75) is 40.0 Å². The van der Waals surface area contributed by atoms with Crippen LogP contribution in [0.15, 0.2) is 24.3 Å². The molecule has 0 N–H and O–H groups in total. The third kappa shape index (κ3) is 2.95. The van der Waals surface area contributed by atoms with Crippen LogP contribution in [0.2, 0.25) is 0 Å². The van der Waals surface area contributed by atoms with Crippen molar-refractivity contribution in [2.24, 2.45) is 5.41 Å². The fourth-order valence-electron chi connectivity index (χ4n) is 4.12. The van der Waals surface area contributed by atoms with Gasteiger partial charge in [0.2, 0.25) is 0 Å². The van der Waals surface area contributed by atoms with E-state index in [-0.39, 0.29) is 11.2 Å². The molecule has 1 saturated heterocycles. The summed E-state index contributed by atoms with van der Waals surface area (Å²) in [6.07, 6.45) is 2.87. The maximum absolute atomic E-state index is 14.1. The van der Waals surface area contributed by atoms with Gasteiger partial charge >= 0.3 is 0 Å². The largest absolute Gasteiger partial charge is 0.493 e. The Morgan fingerprint density at radius 2 is 1.76 bits per heavy atom. The van der Waals surface area contributed by atoms with E-state index < -0.39 is 0 Å². The smallest absolute Gasteiger partial charge is 0.126 e. The molecule has 1 fully saturated rings. The van der Waals surface area contributed by atoms with Gasteiger partial charge in [0, 0.05) is 5.41 Å². The third-order valence-electron chi connectivity index (χ3n) is 5.49. The number of hydrogen-bond donors (Lipinski definition) is 0. The van der Waals surface area contributed by atoms with E-state index in [1.54, 1.807) is 6.07 Å². The number of ether oxygens (including phenoxy) is 2. The van der Waals surface area contributed by atoms with Gasteiger partial charge in [-0.05, 0) is 84.7 Å². The van der Waals surface area contributed by atoms with Gasteiger partial charge in [-0.2, -0.15) is 0 Å². The van der Waals surface area contributed by atoms with Crippen LogP contribution in [0.5, 0.6) is 5.75 Å². The van der Waals surface area contributed by atoms with Gasteiger partial charge in [-0.15, -0.1) is 0 Å². The van der Waals surface area contributed by atoms with Crippen LogP contribution in [0.3, 0.4) is 0 Å². The molecule has 25 heavy (non-hydrogen) atoms. The predicted octanol–water partition coefficient (Wildman–Crippen LogP) is 5.01. The maximum Gasteiger partial charge on any atom is 0.126 e. The highest BCUT2D eigenvalue weighted by Crippen LogP contribution is 2.39. The molecule has 0 bridgehead atoms. The Hall–Kier alpha value is -1.87. The van der Waals surface area contributed by atoms with Crippen LogP contribution in [0, 0.1) is 25.1 Å². The highest BCUT2D eigenvalue weighted by atomic mass is 19.1. The molecule has 2 nitrogen and oxygen atoms in total. The molecule has 3 heteroatoms. The van der Waals surface area contributed by atoms with Gasteiger partial charge in [-0.1, -0.05) is 13.0 Å². The second-order valence-corrected chi connectivity index (χ2v) is 7.93. The molecule has 0 radical (unpaired) electrons. The maximum atomic E-state index is 14.1. The first kappa shape index (κ1) is 16.6. The Morgan fingerprint density at radius 1 is 1.08 bits per heavy atom. The molecule has 1 heterocycles. The summed E-state index contributed by atoms with van der Waals surface area (Å²) in [6, 6.07) is 7.79. The summed E-state index contributed by atoms with van der Waals surface area (Å²) < 4.78 is 25.4. The summed E-state index contributed by atoms with van der Waals surface area (Å²) in [5.74, 6) is 0.855. The minimum Gasteiger partial charge on any atom is -0.493 e. The van der Waals surface area contributed by atoms with Crippen molar-refractivity contribution >= 4 is 0 Å². The van der Waals surface area contributed by atoms with Gasteiger partial charge in [-0.3, -0.25) is 0 Å². The zero-order valence-electron chi connectivity index (χ0n) is 15.2. The lowest BCUT2D eigenvalue weighted by atomic mass is 9.89. The van der Waals surface area contributed by atoms with Gasteiger partial charge in [0.1, 0.15) is 11.6 Å². The second kappa shape index (κ2) is 6.14. The highest BCUT2D eigenvalue weighted by Gasteiger charge is 2.34. The Labute approximate surface area is 149 Å². The molecule has 2 aromatic rings. The van der Waals surface area contributed by atoms with Crippen LogP contribution >= 0.6 is 0 Å². The van der Waals surface area contributed by atoms with Gasteiger partial charge < -0.3 is 9.47 Å². The third-order valence-corrected chi connectivity index (χ3v) is 5.49. The van der Waals surface area contributed by atoms with Crippen molar-refractivity contribution in [1.29, 1.82) is 0 Å². The van der Waals surface area contributed by atoms with Gasteiger partial charge in [0.05, 0.1) is 19.8 Å². The molecule has 0 amide bonds. The molecule has 0 aromatic heterocycles. The quantitative estimate of drug-likeness (QED) is 0.778. The van der Waals surface area contributed by atoms with Crippen molar-refractivity contribution in [3.8, 4) is 16.9 Å². The average Bonchev–Trinajstić information content (AvgIpc) is 3.03. The molecule has 0 saturated carbocycles. The topological polar surface area (TPSA) is 18.5 Å². The number of fused-ring (bicyclic) bond motifs is 1. The Balaban J connectivity index is 1.66.